The summed E-state index contributed by atoms with van der Waals surface area (Å²) in [4.78, 5) is 7.14. The van der Waals surface area contributed by atoms with Gasteiger partial charge in [0.25, 0.3) is 0 Å². The molecule has 1 fully saturated rings. The highest BCUT2D eigenvalue weighted by molar-refractivity contribution is 5.80. The molecule has 3 aliphatic rings. The van der Waals surface area contributed by atoms with Crippen LogP contribution in [-0.2, 0) is 0 Å². The Balaban J connectivity index is 1.63. The van der Waals surface area contributed by atoms with Gasteiger partial charge in [-0.3, -0.25) is 0 Å². The Kier molecular flexibility index (Phi) is 3.74. The lowest BCUT2D eigenvalue weighted by molar-refractivity contribution is 0.226. The number of hydrogen-bond donors (Lipinski definition) is 2. The standard InChI is InChI=1S/C19H21FN6/c20-17-2-1-14-11-15(17)16-12-22-26-9-5-18(24-19(16)26)21-6-10-25-7-3-13(23-14)4-8-25/h1-2,5,9,11-13,23H,3-4,6-8,10H2,(H,21,24). The number of nitrogens with zero attached hydrogens (tertiary/aromatic N) is 4. The molecule has 6 nitrogen and oxygen atoms in total. The van der Waals surface area contributed by atoms with Crippen molar-refractivity contribution >= 4 is 17.2 Å². The van der Waals surface area contributed by atoms with E-state index in [1.165, 1.54) is 6.07 Å². The fraction of sp³-hybridized carbons (Fsp3) is 0.368. The van der Waals surface area contributed by atoms with Crippen LogP contribution in [0.5, 0.6) is 0 Å². The molecule has 5 heterocycles. The fourth-order valence-corrected chi connectivity index (χ4v) is 3.86. The second kappa shape index (κ2) is 6.25. The van der Waals surface area contributed by atoms with Crippen LogP contribution in [-0.4, -0.2) is 51.7 Å². The Morgan fingerprint density at radius 3 is 2.85 bits per heavy atom. The van der Waals surface area contributed by atoms with Crippen LogP contribution < -0.4 is 10.6 Å². The molecule has 7 heteroatoms. The maximum atomic E-state index is 14.6. The van der Waals surface area contributed by atoms with E-state index in [0.717, 1.165) is 50.5 Å². The molecule has 0 aliphatic carbocycles. The number of hydrogen-bond acceptors (Lipinski definition) is 5. The van der Waals surface area contributed by atoms with E-state index < -0.39 is 0 Å². The molecule has 0 saturated carbocycles. The summed E-state index contributed by atoms with van der Waals surface area (Å²) in [5.41, 5.74) is 2.84. The van der Waals surface area contributed by atoms with Crippen molar-refractivity contribution < 1.29 is 4.39 Å². The summed E-state index contributed by atoms with van der Waals surface area (Å²) in [5.74, 6) is 0.531. The molecule has 1 aromatic carbocycles. The quantitative estimate of drug-likeness (QED) is 0.652. The summed E-state index contributed by atoms with van der Waals surface area (Å²) >= 11 is 0. The molecule has 3 aliphatic heterocycles. The van der Waals surface area contributed by atoms with E-state index in [-0.39, 0.29) is 5.82 Å². The molecular weight excluding hydrogens is 331 g/mol. The highest BCUT2D eigenvalue weighted by atomic mass is 19.1. The number of halogens is 1. The first-order valence-corrected chi connectivity index (χ1v) is 9.13. The Bertz CT molecular complexity index is 944. The molecule has 3 aromatic rings. The molecule has 2 N–H and O–H groups in total. The van der Waals surface area contributed by atoms with E-state index in [0.29, 0.717) is 22.8 Å². The zero-order valence-electron chi connectivity index (χ0n) is 14.5. The van der Waals surface area contributed by atoms with E-state index in [2.05, 4.69) is 25.6 Å². The third-order valence-corrected chi connectivity index (χ3v) is 5.32. The number of piperidine rings is 1. The summed E-state index contributed by atoms with van der Waals surface area (Å²) in [6.45, 7) is 3.98. The summed E-state index contributed by atoms with van der Waals surface area (Å²) < 4.78 is 16.3. The summed E-state index contributed by atoms with van der Waals surface area (Å²) in [5, 5.41) is 11.3. The third-order valence-electron chi connectivity index (χ3n) is 5.32. The first-order chi connectivity index (χ1) is 12.8. The van der Waals surface area contributed by atoms with E-state index in [1.807, 2.05) is 24.4 Å². The molecule has 6 rings (SSSR count). The fourth-order valence-electron chi connectivity index (χ4n) is 3.86. The number of aromatic nitrogens is 3. The van der Waals surface area contributed by atoms with E-state index in [9.17, 15) is 4.39 Å². The van der Waals surface area contributed by atoms with Crippen LogP contribution in [0, 0.1) is 5.82 Å². The maximum absolute atomic E-state index is 14.6. The van der Waals surface area contributed by atoms with Gasteiger partial charge in [0.15, 0.2) is 5.65 Å². The van der Waals surface area contributed by atoms with Crippen molar-refractivity contribution in [3.63, 3.8) is 0 Å². The van der Waals surface area contributed by atoms with E-state index >= 15 is 0 Å². The lowest BCUT2D eigenvalue weighted by Gasteiger charge is -2.33. The minimum atomic E-state index is -0.259. The van der Waals surface area contributed by atoms with Crippen LogP contribution in [0.4, 0.5) is 15.9 Å². The SMILES string of the molecule is Fc1ccc2cc1-c1cnn3ccc(nc13)NCCN1CCC(CC1)N2. The number of anilines is 2. The molecule has 6 bridgehead atoms. The average Bonchev–Trinajstić information content (AvgIpc) is 3.07. The van der Waals surface area contributed by atoms with Gasteiger partial charge in [0.1, 0.15) is 11.6 Å². The van der Waals surface area contributed by atoms with Gasteiger partial charge in [-0.15, -0.1) is 0 Å². The van der Waals surface area contributed by atoms with Crippen molar-refractivity contribution in [2.75, 3.05) is 36.8 Å². The minimum Gasteiger partial charge on any atom is -0.382 e. The Morgan fingerprint density at radius 2 is 1.96 bits per heavy atom. The first kappa shape index (κ1) is 15.6. The van der Waals surface area contributed by atoms with Crippen LogP contribution in [0.15, 0.2) is 36.7 Å². The van der Waals surface area contributed by atoms with E-state index in [1.54, 1.807) is 10.7 Å². The van der Waals surface area contributed by atoms with Gasteiger partial charge in [0.05, 0.1) is 6.20 Å². The van der Waals surface area contributed by atoms with Gasteiger partial charge in [-0.1, -0.05) is 0 Å². The Morgan fingerprint density at radius 1 is 1.08 bits per heavy atom. The van der Waals surface area contributed by atoms with Crippen LogP contribution in [0.1, 0.15) is 12.8 Å². The predicted octanol–water partition coefficient (Wildman–Crippen LogP) is 2.84. The Hall–Kier alpha value is -2.67. The predicted molar refractivity (Wildman–Crippen MR) is 100.0 cm³/mol. The summed E-state index contributed by atoms with van der Waals surface area (Å²) in [7, 11) is 0. The molecule has 2 aromatic heterocycles. The van der Waals surface area contributed by atoms with Gasteiger partial charge in [-0.05, 0) is 37.1 Å². The number of rotatable bonds is 0. The number of benzene rings is 1. The molecule has 0 atom stereocenters. The zero-order valence-corrected chi connectivity index (χ0v) is 14.5. The van der Waals surface area contributed by atoms with E-state index in [4.69, 9.17) is 0 Å². The van der Waals surface area contributed by atoms with Crippen molar-refractivity contribution in [3.05, 3.63) is 42.5 Å². The van der Waals surface area contributed by atoms with Crippen LogP contribution in [0.3, 0.4) is 0 Å². The van der Waals surface area contributed by atoms with Gasteiger partial charge in [-0.25, -0.2) is 13.9 Å². The van der Waals surface area contributed by atoms with Crippen LogP contribution >= 0.6 is 0 Å². The molecule has 134 valence electrons. The average molecular weight is 352 g/mol. The molecule has 0 amide bonds. The van der Waals surface area contributed by atoms with Crippen LogP contribution in [0.2, 0.25) is 0 Å². The zero-order chi connectivity index (χ0) is 17.5. The molecule has 0 unspecified atom stereocenters. The van der Waals surface area contributed by atoms with Gasteiger partial charge >= 0.3 is 0 Å². The third kappa shape index (κ3) is 2.78. The molecule has 0 spiro atoms. The highest BCUT2D eigenvalue weighted by Crippen LogP contribution is 2.30. The van der Waals surface area contributed by atoms with Crippen molar-refractivity contribution in [1.29, 1.82) is 0 Å². The molecule has 0 radical (unpaired) electrons. The highest BCUT2D eigenvalue weighted by Gasteiger charge is 2.20. The summed E-state index contributed by atoms with van der Waals surface area (Å²) in [6, 6.07) is 7.54. The van der Waals surface area contributed by atoms with Crippen molar-refractivity contribution in [1.82, 2.24) is 19.5 Å². The normalized spacial score (nSPS) is 22.5. The van der Waals surface area contributed by atoms with Crippen molar-refractivity contribution in [3.8, 4) is 11.1 Å². The van der Waals surface area contributed by atoms with Crippen LogP contribution in [0.25, 0.3) is 16.8 Å². The molecule has 26 heavy (non-hydrogen) atoms. The first-order valence-electron chi connectivity index (χ1n) is 9.13. The molecule has 1 saturated heterocycles. The van der Waals surface area contributed by atoms with Crippen molar-refractivity contribution in [2.45, 2.75) is 18.9 Å². The van der Waals surface area contributed by atoms with Gasteiger partial charge in [0, 0.05) is 55.2 Å². The second-order valence-electron chi connectivity index (χ2n) is 7.02. The second-order valence-corrected chi connectivity index (χ2v) is 7.02. The van der Waals surface area contributed by atoms with Gasteiger partial charge in [-0.2, -0.15) is 5.10 Å². The number of nitrogens with one attached hydrogen (secondary N) is 2. The topological polar surface area (TPSA) is 57.5 Å². The lowest BCUT2D eigenvalue weighted by Crippen LogP contribution is -2.41. The number of fused-ring (bicyclic) bond motifs is 4. The molecular formula is C19H21FN6. The van der Waals surface area contributed by atoms with Gasteiger partial charge in [0.2, 0.25) is 0 Å². The lowest BCUT2D eigenvalue weighted by atomic mass is 10.0. The van der Waals surface area contributed by atoms with Crippen molar-refractivity contribution in [2.24, 2.45) is 0 Å². The van der Waals surface area contributed by atoms with Gasteiger partial charge < -0.3 is 15.5 Å². The smallest absolute Gasteiger partial charge is 0.165 e. The Labute approximate surface area is 151 Å². The maximum Gasteiger partial charge on any atom is 0.165 e. The minimum absolute atomic E-state index is 0.259. The monoisotopic (exact) mass is 352 g/mol. The largest absolute Gasteiger partial charge is 0.382 e. The summed E-state index contributed by atoms with van der Waals surface area (Å²) in [6.07, 6.45) is 5.73.